The van der Waals surface area contributed by atoms with E-state index in [9.17, 15) is 0 Å². The summed E-state index contributed by atoms with van der Waals surface area (Å²) in [7, 11) is 0. The number of hydrogen-bond acceptors (Lipinski definition) is 4. The van der Waals surface area contributed by atoms with Crippen LogP contribution in [0.3, 0.4) is 0 Å². The molecule has 4 heteroatoms. The van der Waals surface area contributed by atoms with Gasteiger partial charge in [-0.15, -0.1) is 0 Å². The van der Waals surface area contributed by atoms with E-state index < -0.39 is 0 Å². The molecular formula is C19H18O4. The van der Waals surface area contributed by atoms with Crippen LogP contribution >= 0.6 is 0 Å². The van der Waals surface area contributed by atoms with Gasteiger partial charge in [-0.3, -0.25) is 0 Å². The van der Waals surface area contributed by atoms with E-state index in [1.165, 1.54) is 18.2 Å². The van der Waals surface area contributed by atoms with E-state index in [1.54, 1.807) is 30.3 Å². The largest absolute Gasteiger partial charge is 0.508 e. The Bertz CT molecular complexity index is 673. The topological polar surface area (TPSA) is 80.9 Å². The van der Waals surface area contributed by atoms with Crippen LogP contribution in [-0.2, 0) is 6.42 Å². The first-order chi connectivity index (χ1) is 11.0. The molecule has 0 aliphatic rings. The van der Waals surface area contributed by atoms with E-state index >= 15 is 0 Å². The quantitative estimate of drug-likeness (QED) is 0.580. The molecule has 0 unspecified atom stereocenters. The van der Waals surface area contributed by atoms with Gasteiger partial charge in [0, 0.05) is 6.07 Å². The molecule has 0 saturated heterocycles. The van der Waals surface area contributed by atoms with Gasteiger partial charge in [0.05, 0.1) is 0 Å². The average molecular weight is 310 g/mol. The van der Waals surface area contributed by atoms with Crippen LogP contribution in [0.1, 0.15) is 11.1 Å². The predicted octanol–water partition coefficient (Wildman–Crippen LogP) is 3.79. The summed E-state index contributed by atoms with van der Waals surface area (Å²) in [6.07, 6.45) is 0.806. The summed E-state index contributed by atoms with van der Waals surface area (Å²) in [5.74, 6) is 0.740. The SMILES string of the molecule is Oc1ccc(Cc2ccc(O)cc2)cc1.Oc1cccc(O)c1. The zero-order valence-electron chi connectivity index (χ0n) is 12.4. The zero-order valence-corrected chi connectivity index (χ0v) is 12.4. The summed E-state index contributed by atoms with van der Waals surface area (Å²) in [5, 5.41) is 35.6. The van der Waals surface area contributed by atoms with Crippen LogP contribution in [0.15, 0.2) is 72.8 Å². The first-order valence-electron chi connectivity index (χ1n) is 7.07. The second kappa shape index (κ2) is 7.75. The molecule has 0 bridgehead atoms. The van der Waals surface area contributed by atoms with Crippen molar-refractivity contribution in [1.29, 1.82) is 0 Å². The molecule has 0 aliphatic carbocycles. The average Bonchev–Trinajstić information content (AvgIpc) is 2.52. The molecule has 0 aromatic heterocycles. The molecule has 0 heterocycles. The van der Waals surface area contributed by atoms with Gasteiger partial charge in [-0.05, 0) is 53.9 Å². The van der Waals surface area contributed by atoms with Crippen LogP contribution in [0.2, 0.25) is 0 Å². The van der Waals surface area contributed by atoms with E-state index in [0.717, 1.165) is 17.5 Å². The maximum absolute atomic E-state index is 9.13. The van der Waals surface area contributed by atoms with E-state index in [-0.39, 0.29) is 23.0 Å². The minimum Gasteiger partial charge on any atom is -0.508 e. The summed E-state index contributed by atoms with van der Waals surface area (Å²) in [5.41, 5.74) is 2.27. The summed E-state index contributed by atoms with van der Waals surface area (Å²) < 4.78 is 0. The van der Waals surface area contributed by atoms with Crippen molar-refractivity contribution in [2.75, 3.05) is 0 Å². The Hall–Kier alpha value is -3.14. The zero-order chi connectivity index (χ0) is 16.7. The van der Waals surface area contributed by atoms with Crippen LogP contribution in [-0.4, -0.2) is 20.4 Å². The lowest BCUT2D eigenvalue weighted by Gasteiger charge is -2.02. The third-order valence-corrected chi connectivity index (χ3v) is 3.11. The third-order valence-electron chi connectivity index (χ3n) is 3.11. The fourth-order valence-electron chi connectivity index (χ4n) is 1.96. The molecule has 4 nitrogen and oxygen atoms in total. The normalized spacial score (nSPS) is 9.74. The lowest BCUT2D eigenvalue weighted by atomic mass is 10.1. The first-order valence-corrected chi connectivity index (χ1v) is 7.07. The van der Waals surface area contributed by atoms with Gasteiger partial charge in [-0.2, -0.15) is 0 Å². The number of rotatable bonds is 2. The molecule has 0 radical (unpaired) electrons. The van der Waals surface area contributed by atoms with E-state index in [4.69, 9.17) is 20.4 Å². The molecule has 3 aromatic carbocycles. The molecule has 0 fully saturated rings. The van der Waals surface area contributed by atoms with E-state index in [0.29, 0.717) is 0 Å². The van der Waals surface area contributed by atoms with Crippen LogP contribution < -0.4 is 0 Å². The number of phenols is 4. The number of aromatic hydroxyl groups is 4. The van der Waals surface area contributed by atoms with Crippen molar-refractivity contribution in [1.82, 2.24) is 0 Å². The molecule has 3 aromatic rings. The van der Waals surface area contributed by atoms with Gasteiger partial charge >= 0.3 is 0 Å². The maximum atomic E-state index is 9.13. The third kappa shape index (κ3) is 5.63. The van der Waals surface area contributed by atoms with Gasteiger partial charge in [0.15, 0.2) is 0 Å². The van der Waals surface area contributed by atoms with Gasteiger partial charge in [-0.25, -0.2) is 0 Å². The van der Waals surface area contributed by atoms with Crippen molar-refractivity contribution in [3.8, 4) is 23.0 Å². The van der Waals surface area contributed by atoms with Crippen LogP contribution in [0.4, 0.5) is 0 Å². The molecule has 0 saturated carbocycles. The van der Waals surface area contributed by atoms with Crippen molar-refractivity contribution in [3.63, 3.8) is 0 Å². The Morgan fingerprint density at radius 3 is 1.17 bits per heavy atom. The Balaban J connectivity index is 0.000000203. The number of hydrogen-bond donors (Lipinski definition) is 4. The van der Waals surface area contributed by atoms with Crippen molar-refractivity contribution < 1.29 is 20.4 Å². The van der Waals surface area contributed by atoms with Gasteiger partial charge in [-0.1, -0.05) is 30.3 Å². The molecule has 0 atom stereocenters. The molecule has 23 heavy (non-hydrogen) atoms. The van der Waals surface area contributed by atoms with E-state index in [1.807, 2.05) is 24.3 Å². The highest BCUT2D eigenvalue weighted by molar-refractivity contribution is 5.33. The molecular weight excluding hydrogens is 292 g/mol. The Kier molecular flexibility index (Phi) is 5.47. The van der Waals surface area contributed by atoms with Crippen LogP contribution in [0, 0.1) is 0 Å². The Labute approximate surface area is 134 Å². The molecule has 0 spiro atoms. The highest BCUT2D eigenvalue weighted by Gasteiger charge is 1.96. The molecule has 3 rings (SSSR count). The Morgan fingerprint density at radius 2 is 0.870 bits per heavy atom. The number of phenolic OH excluding ortho intramolecular Hbond substituents is 4. The van der Waals surface area contributed by atoms with Gasteiger partial charge in [0.25, 0.3) is 0 Å². The van der Waals surface area contributed by atoms with Crippen molar-refractivity contribution in [2.45, 2.75) is 6.42 Å². The van der Waals surface area contributed by atoms with Crippen molar-refractivity contribution >= 4 is 0 Å². The standard InChI is InChI=1S/C13H12O2.C6H6O2/c14-12-5-1-10(2-6-12)9-11-3-7-13(15)8-4-11;7-5-2-1-3-6(8)4-5/h1-8,14-15H,9H2;1-4,7-8H. The summed E-state index contributed by atoms with van der Waals surface area (Å²) in [4.78, 5) is 0. The van der Waals surface area contributed by atoms with Crippen molar-refractivity contribution in [3.05, 3.63) is 83.9 Å². The fourth-order valence-corrected chi connectivity index (χ4v) is 1.96. The second-order valence-electron chi connectivity index (χ2n) is 5.03. The summed E-state index contributed by atoms with van der Waals surface area (Å²) in [6.45, 7) is 0. The monoisotopic (exact) mass is 310 g/mol. The van der Waals surface area contributed by atoms with Gasteiger partial charge < -0.3 is 20.4 Å². The first kappa shape index (κ1) is 16.2. The predicted molar refractivity (Wildman–Crippen MR) is 88.8 cm³/mol. The van der Waals surface area contributed by atoms with Gasteiger partial charge in [0.2, 0.25) is 0 Å². The molecule has 4 N–H and O–H groups in total. The van der Waals surface area contributed by atoms with Crippen LogP contribution in [0.25, 0.3) is 0 Å². The molecule has 0 amide bonds. The lowest BCUT2D eigenvalue weighted by molar-refractivity contribution is 0.450. The molecule has 118 valence electrons. The van der Waals surface area contributed by atoms with Crippen LogP contribution in [0.5, 0.6) is 23.0 Å². The summed E-state index contributed by atoms with van der Waals surface area (Å²) >= 11 is 0. The lowest BCUT2D eigenvalue weighted by Crippen LogP contribution is -1.86. The fraction of sp³-hybridized carbons (Fsp3) is 0.0526. The molecule has 0 aliphatic heterocycles. The number of benzene rings is 3. The Morgan fingerprint density at radius 1 is 0.478 bits per heavy atom. The smallest absolute Gasteiger partial charge is 0.119 e. The minimum atomic E-state index is 0.0880. The van der Waals surface area contributed by atoms with Gasteiger partial charge in [0.1, 0.15) is 23.0 Å². The maximum Gasteiger partial charge on any atom is 0.119 e. The highest BCUT2D eigenvalue weighted by Crippen LogP contribution is 2.16. The second-order valence-corrected chi connectivity index (χ2v) is 5.03. The van der Waals surface area contributed by atoms with Crippen molar-refractivity contribution in [2.24, 2.45) is 0 Å². The minimum absolute atomic E-state index is 0.0880. The summed E-state index contributed by atoms with van der Waals surface area (Å²) in [6, 6.07) is 20.1. The highest BCUT2D eigenvalue weighted by atomic mass is 16.3. The van der Waals surface area contributed by atoms with E-state index in [2.05, 4.69) is 0 Å².